The lowest BCUT2D eigenvalue weighted by Gasteiger charge is -2.11. The molecule has 0 spiro atoms. The molecule has 47 heavy (non-hydrogen) atoms. The predicted molar refractivity (Wildman–Crippen MR) is 196 cm³/mol. The lowest BCUT2D eigenvalue weighted by atomic mass is 10.0. The van der Waals surface area contributed by atoms with Gasteiger partial charge in [-0.3, -0.25) is 0 Å². The second kappa shape index (κ2) is 11.1. The molecule has 7 aromatic carbocycles. The quantitative estimate of drug-likeness (QED) is 0.185. The molecule has 0 atom stereocenters. The van der Waals surface area contributed by atoms with E-state index >= 15 is 0 Å². The average molecular weight is 605 g/mol. The number of hydrogen-bond acceptors (Lipinski definition) is 1. The van der Waals surface area contributed by atoms with Gasteiger partial charge in [-0.25, -0.2) is 0 Å². The van der Waals surface area contributed by atoms with Gasteiger partial charge in [-0.2, -0.15) is 0 Å². The lowest BCUT2D eigenvalue weighted by Crippen LogP contribution is -1.96. The first kappa shape index (κ1) is 27.3. The monoisotopic (exact) mass is 604 g/mol. The maximum absolute atomic E-state index is 6.11. The van der Waals surface area contributed by atoms with Crippen molar-refractivity contribution >= 4 is 43.6 Å². The van der Waals surface area contributed by atoms with E-state index in [2.05, 4.69) is 168 Å². The minimum absolute atomic E-state index is 0.531. The van der Waals surface area contributed by atoms with Crippen LogP contribution in [-0.4, -0.2) is 9.13 Å². The molecule has 0 aliphatic carbocycles. The van der Waals surface area contributed by atoms with E-state index in [1.54, 1.807) is 0 Å². The van der Waals surface area contributed by atoms with Crippen LogP contribution in [0, 0.1) is 6.92 Å². The third kappa shape index (κ3) is 4.67. The fraction of sp³-hybridized carbons (Fsp3) is 0.0455. The zero-order valence-corrected chi connectivity index (χ0v) is 26.1. The Bertz CT molecular complexity index is 2500. The molecule has 2 heterocycles. The van der Waals surface area contributed by atoms with Crippen molar-refractivity contribution < 1.29 is 4.74 Å². The zero-order valence-electron chi connectivity index (χ0n) is 26.1. The van der Waals surface area contributed by atoms with Crippen LogP contribution in [0.5, 0.6) is 5.75 Å². The summed E-state index contributed by atoms with van der Waals surface area (Å²) in [6, 6.07) is 58.7. The number of benzene rings is 7. The van der Waals surface area contributed by atoms with Crippen LogP contribution >= 0.6 is 0 Å². The molecule has 0 amide bonds. The van der Waals surface area contributed by atoms with Gasteiger partial charge in [0.05, 0.1) is 22.1 Å². The molecule has 9 aromatic rings. The predicted octanol–water partition coefficient (Wildman–Crippen LogP) is 11.4. The Morgan fingerprint density at radius 1 is 0.426 bits per heavy atom. The summed E-state index contributed by atoms with van der Waals surface area (Å²) in [5, 5.41) is 5.03. The number of rotatable bonds is 6. The van der Waals surface area contributed by atoms with Crippen LogP contribution < -0.4 is 4.74 Å². The molecular weight excluding hydrogens is 572 g/mol. The molecule has 224 valence electrons. The Balaban J connectivity index is 1.04. The molecule has 3 heteroatoms. The van der Waals surface area contributed by atoms with E-state index in [9.17, 15) is 0 Å². The Kier molecular flexibility index (Phi) is 6.43. The van der Waals surface area contributed by atoms with E-state index in [4.69, 9.17) is 4.74 Å². The van der Waals surface area contributed by atoms with Crippen molar-refractivity contribution in [1.29, 1.82) is 0 Å². The highest BCUT2D eigenvalue weighted by Gasteiger charge is 2.14. The topological polar surface area (TPSA) is 19.1 Å². The minimum atomic E-state index is 0.531. The fourth-order valence-corrected chi connectivity index (χ4v) is 7.00. The first-order valence-electron chi connectivity index (χ1n) is 16.1. The normalized spacial score (nSPS) is 11.6. The van der Waals surface area contributed by atoms with Crippen LogP contribution in [0.4, 0.5) is 0 Å². The lowest BCUT2D eigenvalue weighted by molar-refractivity contribution is 0.306. The second-order valence-electron chi connectivity index (χ2n) is 12.3. The maximum atomic E-state index is 6.11. The molecule has 0 aliphatic heterocycles. The SMILES string of the molecule is Cc1ccc(OCc2ccc3c(c2)c2ccccc2n3-c2ccc(-c3ccc(-n4c5ccccc5c5ccccc54)cc3)cc2)cc1. The van der Waals surface area contributed by atoms with Gasteiger partial charge in [-0.05, 0) is 90.3 Å². The van der Waals surface area contributed by atoms with Gasteiger partial charge in [0.2, 0.25) is 0 Å². The summed E-state index contributed by atoms with van der Waals surface area (Å²) in [5.74, 6) is 0.888. The zero-order chi connectivity index (χ0) is 31.3. The summed E-state index contributed by atoms with van der Waals surface area (Å²) in [6.45, 7) is 2.62. The summed E-state index contributed by atoms with van der Waals surface area (Å²) < 4.78 is 10.8. The van der Waals surface area contributed by atoms with E-state index in [1.807, 2.05) is 12.1 Å². The standard InChI is InChI=1S/C44H32N2O/c1-30-14-25-36(26-15-30)47-29-31-16-27-44-40(28-31)39-10-4-7-13-43(39)46(44)35-23-19-33(20-24-35)32-17-21-34(22-18-32)45-41-11-5-2-8-37(41)38-9-3-6-12-42(38)45/h2-28H,29H2,1H3. The highest BCUT2D eigenvalue weighted by molar-refractivity contribution is 6.10. The smallest absolute Gasteiger partial charge is 0.119 e. The summed E-state index contributed by atoms with van der Waals surface area (Å²) in [7, 11) is 0. The first-order chi connectivity index (χ1) is 23.2. The third-order valence-corrected chi connectivity index (χ3v) is 9.33. The van der Waals surface area contributed by atoms with Crippen molar-refractivity contribution in [2.24, 2.45) is 0 Å². The van der Waals surface area contributed by atoms with Gasteiger partial charge < -0.3 is 13.9 Å². The Morgan fingerprint density at radius 2 is 0.872 bits per heavy atom. The number of ether oxygens (including phenoxy) is 1. The van der Waals surface area contributed by atoms with E-state index in [-0.39, 0.29) is 0 Å². The number of nitrogens with zero attached hydrogens (tertiary/aromatic N) is 2. The Labute approximate surface area is 273 Å². The molecule has 0 N–H and O–H groups in total. The molecule has 9 rings (SSSR count). The number of hydrogen-bond donors (Lipinski definition) is 0. The molecule has 0 bridgehead atoms. The molecule has 0 unspecified atom stereocenters. The van der Waals surface area contributed by atoms with Crippen LogP contribution in [0.3, 0.4) is 0 Å². The van der Waals surface area contributed by atoms with Crippen LogP contribution in [-0.2, 0) is 6.61 Å². The Hall–Kier alpha value is -6.06. The molecule has 2 aromatic heterocycles. The molecule has 0 radical (unpaired) electrons. The van der Waals surface area contributed by atoms with Gasteiger partial charge in [0, 0.05) is 32.9 Å². The number of para-hydroxylation sites is 3. The van der Waals surface area contributed by atoms with Crippen LogP contribution in [0.2, 0.25) is 0 Å². The second-order valence-corrected chi connectivity index (χ2v) is 12.3. The summed E-state index contributed by atoms with van der Waals surface area (Å²) in [6.07, 6.45) is 0. The third-order valence-electron chi connectivity index (χ3n) is 9.33. The minimum Gasteiger partial charge on any atom is -0.489 e. The molecule has 0 aliphatic rings. The summed E-state index contributed by atoms with van der Waals surface area (Å²) in [4.78, 5) is 0. The summed E-state index contributed by atoms with van der Waals surface area (Å²) in [5.41, 5.74) is 11.9. The first-order valence-corrected chi connectivity index (χ1v) is 16.1. The van der Waals surface area contributed by atoms with E-state index in [1.165, 1.54) is 60.3 Å². The van der Waals surface area contributed by atoms with Gasteiger partial charge in [0.25, 0.3) is 0 Å². The highest BCUT2D eigenvalue weighted by atomic mass is 16.5. The van der Waals surface area contributed by atoms with Crippen molar-refractivity contribution in [2.75, 3.05) is 0 Å². The highest BCUT2D eigenvalue weighted by Crippen LogP contribution is 2.35. The number of fused-ring (bicyclic) bond motifs is 6. The fourth-order valence-electron chi connectivity index (χ4n) is 7.00. The van der Waals surface area contributed by atoms with Gasteiger partial charge in [0.1, 0.15) is 12.4 Å². The van der Waals surface area contributed by atoms with Gasteiger partial charge >= 0.3 is 0 Å². The van der Waals surface area contributed by atoms with E-state index in [0.717, 1.165) is 22.7 Å². The molecule has 3 nitrogen and oxygen atoms in total. The maximum Gasteiger partial charge on any atom is 0.119 e. The average Bonchev–Trinajstić information content (AvgIpc) is 3.64. The molecular formula is C44H32N2O. The largest absolute Gasteiger partial charge is 0.489 e. The molecule has 0 saturated carbocycles. The van der Waals surface area contributed by atoms with Crippen molar-refractivity contribution in [3.63, 3.8) is 0 Å². The van der Waals surface area contributed by atoms with Crippen molar-refractivity contribution in [1.82, 2.24) is 9.13 Å². The molecule has 0 saturated heterocycles. The molecule has 0 fully saturated rings. The van der Waals surface area contributed by atoms with E-state index < -0.39 is 0 Å². The summed E-state index contributed by atoms with van der Waals surface area (Å²) >= 11 is 0. The van der Waals surface area contributed by atoms with Crippen LogP contribution in [0.15, 0.2) is 164 Å². The van der Waals surface area contributed by atoms with Crippen LogP contribution in [0.1, 0.15) is 11.1 Å². The van der Waals surface area contributed by atoms with Gasteiger partial charge in [-0.1, -0.05) is 103 Å². The number of aromatic nitrogens is 2. The van der Waals surface area contributed by atoms with E-state index in [0.29, 0.717) is 6.61 Å². The Morgan fingerprint density at radius 3 is 1.38 bits per heavy atom. The van der Waals surface area contributed by atoms with Gasteiger partial charge in [-0.15, -0.1) is 0 Å². The van der Waals surface area contributed by atoms with Gasteiger partial charge in [0.15, 0.2) is 0 Å². The van der Waals surface area contributed by atoms with Crippen molar-refractivity contribution in [2.45, 2.75) is 13.5 Å². The van der Waals surface area contributed by atoms with Crippen LogP contribution in [0.25, 0.3) is 66.1 Å². The van der Waals surface area contributed by atoms with Crippen molar-refractivity contribution in [3.8, 4) is 28.3 Å². The van der Waals surface area contributed by atoms with Crippen molar-refractivity contribution in [3.05, 3.63) is 175 Å². The number of aryl methyl sites for hydroxylation is 1.